The normalized spacial score (nSPS) is 11.6. The third kappa shape index (κ3) is 13.5. The molecule has 6 rings (SSSR count). The van der Waals surface area contributed by atoms with Crippen LogP contribution in [0.25, 0.3) is 10.8 Å². The van der Waals surface area contributed by atoms with Crippen LogP contribution in [-0.4, -0.2) is 88.4 Å². The summed E-state index contributed by atoms with van der Waals surface area (Å²) in [6, 6.07) is 16.6. The average molecular weight is 1070 g/mol. The molecule has 0 radical (unpaired) electrons. The van der Waals surface area contributed by atoms with Crippen LogP contribution in [0.4, 0.5) is 46.0 Å². The zero-order valence-corrected chi connectivity index (χ0v) is 38.8. The maximum Gasteiger partial charge on any atom is 0.296 e. The zero-order valence-electron chi connectivity index (χ0n) is 34.0. The first-order valence-corrected chi connectivity index (χ1v) is 20.0. The molecule has 0 amide bonds. The summed E-state index contributed by atoms with van der Waals surface area (Å²) in [5.74, 6) is 1.51. The van der Waals surface area contributed by atoms with Crippen LogP contribution in [0, 0.1) is 65.1 Å². The Morgan fingerprint density at radius 2 is 1.39 bits per heavy atom. The van der Waals surface area contributed by atoms with Crippen molar-refractivity contribution in [2.75, 3.05) is 42.9 Å². The van der Waals surface area contributed by atoms with Gasteiger partial charge in [-0.3, -0.25) is 9.11 Å². The van der Waals surface area contributed by atoms with Gasteiger partial charge in [-0.1, -0.05) is 31.2 Å². The summed E-state index contributed by atoms with van der Waals surface area (Å²) in [6.45, 7) is 7.03. The van der Waals surface area contributed by atoms with Crippen molar-refractivity contribution >= 4 is 77.0 Å². The number of hydrogen-bond donors (Lipinski definition) is 4. The van der Waals surface area contributed by atoms with Gasteiger partial charge >= 0.3 is 0 Å². The predicted octanol–water partition coefficient (Wildman–Crippen LogP) is 6.63. The Bertz CT molecular complexity index is 2770. The molecule has 0 atom stereocenters. The van der Waals surface area contributed by atoms with Crippen molar-refractivity contribution in [2.24, 2.45) is 20.5 Å². The number of phenols is 1. The number of nitrogens with zero attached hydrogens (tertiary/aromatic N) is 12. The molecule has 0 saturated heterocycles. The van der Waals surface area contributed by atoms with E-state index in [2.05, 4.69) is 56.7 Å². The first-order chi connectivity index (χ1) is 27.5. The van der Waals surface area contributed by atoms with Gasteiger partial charge in [0.1, 0.15) is 41.4 Å². The number of aromatic nitrogens is 6. The first-order valence-electron chi connectivity index (χ1n) is 17.2. The molecule has 0 bridgehead atoms. The quantitative estimate of drug-likeness (QED) is 0.0538. The third-order valence-electron chi connectivity index (χ3n) is 7.65. The summed E-state index contributed by atoms with van der Waals surface area (Å²) in [5.41, 5.74) is 9.24. The van der Waals surface area contributed by atoms with Gasteiger partial charge in [0.25, 0.3) is 20.2 Å². The number of anilines is 4. The van der Waals surface area contributed by atoms with Gasteiger partial charge in [0.15, 0.2) is 5.75 Å². The SMILES string of the molecule is CS(=O)(=O)O.Cc1n[c-]nc(N(C)C)n1.[3H]c1nc(C)nc(N(C)c2ccc(S(=O)(=O)O)c(N=Nc3c(C)cc4ccc(N=Nc5ccccc5C)c(N)c4c3O)c2)n1.[U]. The zero-order chi connectivity index (χ0) is 43.8. The monoisotopic (exact) mass is 1070 g/mol. The molecule has 23 heteroatoms. The molecule has 6 aromatic rings. The number of benzene rings is 4. The number of rotatable bonds is 8. The van der Waals surface area contributed by atoms with E-state index in [9.17, 15) is 26.5 Å². The first kappa shape index (κ1) is 46.1. The van der Waals surface area contributed by atoms with E-state index < -0.39 is 25.1 Å². The van der Waals surface area contributed by atoms with Crippen molar-refractivity contribution in [3.63, 3.8) is 0 Å². The third-order valence-corrected chi connectivity index (χ3v) is 8.56. The summed E-state index contributed by atoms with van der Waals surface area (Å²) in [6.07, 6.45) is 2.98. The van der Waals surface area contributed by atoms with Gasteiger partial charge in [0.05, 0.1) is 23.0 Å². The van der Waals surface area contributed by atoms with E-state index >= 15 is 0 Å². The Morgan fingerprint density at radius 1 is 0.763 bits per heavy atom. The van der Waals surface area contributed by atoms with Crippen LogP contribution in [-0.2, 0) is 20.2 Å². The molecule has 0 spiro atoms. The number of phenolic OH excluding ortho intramolecular Hbond substituents is 1. The molecule has 20 nitrogen and oxygen atoms in total. The molecule has 4 aromatic carbocycles. The fourth-order valence-electron chi connectivity index (χ4n) is 4.87. The largest absolute Gasteiger partial charge is 0.505 e. The van der Waals surface area contributed by atoms with Gasteiger partial charge in [-0.05, 0) is 87.8 Å². The van der Waals surface area contributed by atoms with Crippen LogP contribution < -0.4 is 15.5 Å². The molecule has 0 saturated carbocycles. The Morgan fingerprint density at radius 3 is 1.98 bits per heavy atom. The second-order valence-corrected chi connectivity index (χ2v) is 15.4. The maximum atomic E-state index is 12.2. The van der Waals surface area contributed by atoms with Gasteiger partial charge in [-0.15, -0.1) is 15.3 Å². The summed E-state index contributed by atoms with van der Waals surface area (Å²) in [5, 5.41) is 29.0. The van der Waals surface area contributed by atoms with E-state index in [1.165, 1.54) is 17.0 Å². The number of azo groups is 2. The summed E-state index contributed by atoms with van der Waals surface area (Å²) in [7, 11) is -3.01. The van der Waals surface area contributed by atoms with E-state index in [1.54, 1.807) is 39.1 Å². The minimum Gasteiger partial charge on any atom is -0.505 e. The molecule has 0 fully saturated rings. The molecule has 2 heterocycles. The minimum absolute atomic E-state index is 0. The van der Waals surface area contributed by atoms with Crippen LogP contribution >= 0.6 is 0 Å². The smallest absolute Gasteiger partial charge is 0.296 e. The van der Waals surface area contributed by atoms with Crippen molar-refractivity contribution in [1.82, 2.24) is 29.9 Å². The minimum atomic E-state index is -4.71. The van der Waals surface area contributed by atoms with E-state index in [4.69, 9.17) is 11.7 Å². The van der Waals surface area contributed by atoms with E-state index in [0.29, 0.717) is 51.9 Å². The molecule has 0 aliphatic rings. The summed E-state index contributed by atoms with van der Waals surface area (Å²) >= 11 is 0. The molecule has 59 heavy (non-hydrogen) atoms. The van der Waals surface area contributed by atoms with Crippen LogP contribution in [0.3, 0.4) is 0 Å². The second-order valence-electron chi connectivity index (χ2n) is 12.6. The fraction of sp³-hybridized carbons (Fsp3) is 0.222. The van der Waals surface area contributed by atoms with Crippen molar-refractivity contribution in [3.8, 4) is 5.75 Å². The molecule has 5 N–H and O–H groups in total. The Labute approximate surface area is 366 Å². The van der Waals surface area contributed by atoms with Gasteiger partial charge in [0.2, 0.25) is 5.95 Å². The summed E-state index contributed by atoms with van der Waals surface area (Å²) < 4.78 is 67.9. The Kier molecular flexibility index (Phi) is 16.0. The maximum absolute atomic E-state index is 12.2. The number of fused-ring (bicyclic) bond motifs is 1. The Balaban J connectivity index is 0.000000507. The van der Waals surface area contributed by atoms with Crippen LogP contribution in [0.1, 0.15) is 24.1 Å². The molecule has 0 aliphatic heterocycles. The summed E-state index contributed by atoms with van der Waals surface area (Å²) in [4.78, 5) is 26.5. The molecular formula is C36H40N13O7S2U-. The van der Waals surface area contributed by atoms with Crippen LogP contribution in [0.15, 0.2) is 92.3 Å². The molecule has 0 aliphatic carbocycles. The topological polar surface area (TPSA) is 288 Å². The van der Waals surface area contributed by atoms with Crippen molar-refractivity contribution in [1.29, 1.82) is 0 Å². The van der Waals surface area contributed by atoms with E-state index in [0.717, 1.165) is 11.6 Å². The second kappa shape index (κ2) is 20.4. The van der Waals surface area contributed by atoms with Gasteiger partial charge in [-0.25, -0.2) is 9.97 Å². The van der Waals surface area contributed by atoms with Gasteiger partial charge in [0, 0.05) is 56.0 Å². The number of nitrogen functional groups attached to an aromatic ring is 1. The number of aryl methyl sites for hydroxylation is 4. The molecule has 0 unspecified atom stereocenters. The van der Waals surface area contributed by atoms with Gasteiger partial charge in [-0.2, -0.15) is 26.9 Å². The van der Waals surface area contributed by atoms with Crippen molar-refractivity contribution < 1.29 is 63.5 Å². The number of nitrogens with two attached hydrogens (primary N) is 1. The van der Waals surface area contributed by atoms with Crippen LogP contribution in [0.2, 0.25) is 0 Å². The molecular weight excluding hydrogens is 1030 g/mol. The Hall–Kier alpha value is -5.57. The fourth-order valence-corrected chi connectivity index (χ4v) is 5.47. The molecule has 308 valence electrons. The van der Waals surface area contributed by atoms with Crippen molar-refractivity contribution in [2.45, 2.75) is 32.6 Å². The number of hydrogen-bond acceptors (Lipinski definition) is 18. The van der Waals surface area contributed by atoms with E-state index in [-0.39, 0.29) is 71.6 Å². The van der Waals surface area contributed by atoms with Crippen molar-refractivity contribution in [3.05, 3.63) is 96.1 Å². The predicted molar refractivity (Wildman–Crippen MR) is 218 cm³/mol. The number of aromatic hydroxyl groups is 1. The van der Waals surface area contributed by atoms with E-state index in [1.807, 2.05) is 57.1 Å². The average Bonchev–Trinajstić information content (AvgIpc) is 3.13. The standard InChI is InChI=1S/C29H27N9O4S.C6H9N4.CH4O3S.U/c1-16-7-5-6-8-21(16)34-35-22-11-9-19-13-17(2)27(28(39)25(19)26(22)30)37-36-23-14-20(10-12-24(23)43(40,41)42)38(4)29-32-15-31-18(3)33-29;1-5-7-4-8-6(9-5)10(2)3;1-5(2,3)4;/h5-15,39H,30H2,1-4H3,(H,40,41,42);1-3H3;1H3,(H,2,3,4);/q;-1;;/i15T;;;. The molecule has 2 aromatic heterocycles. The van der Waals surface area contributed by atoms with Crippen LogP contribution in [0.5, 0.6) is 5.75 Å². The van der Waals surface area contributed by atoms with Gasteiger partial charge < -0.3 is 35.6 Å².